The number of halogens is 1. The molecule has 0 saturated carbocycles. The number of nitrogens with two attached hydrogens (primary N) is 1. The molecule has 3 N–H and O–H groups in total. The summed E-state index contributed by atoms with van der Waals surface area (Å²) < 4.78 is 0. The first kappa shape index (κ1) is 14.0. The van der Waals surface area contributed by atoms with Gasteiger partial charge in [-0.25, -0.2) is 0 Å². The minimum atomic E-state index is -1.06. The van der Waals surface area contributed by atoms with Crippen LogP contribution in [0, 0.1) is 0 Å². The zero-order chi connectivity index (χ0) is 11.5. The van der Waals surface area contributed by atoms with Crippen LogP contribution in [0.2, 0.25) is 0 Å². The molecule has 1 fully saturated rings. The summed E-state index contributed by atoms with van der Waals surface area (Å²) in [6.07, 6.45) is -0.251. The zero-order valence-electron chi connectivity index (χ0n) is 9.45. The summed E-state index contributed by atoms with van der Waals surface area (Å²) in [5.41, 5.74) is 6.36. The van der Waals surface area contributed by atoms with Crippen LogP contribution >= 0.6 is 12.4 Å². The van der Waals surface area contributed by atoms with Crippen molar-refractivity contribution in [2.24, 2.45) is 5.73 Å². The summed E-state index contributed by atoms with van der Waals surface area (Å²) in [6.45, 7) is 1.19. The molecule has 1 aromatic carbocycles. The first-order valence-corrected chi connectivity index (χ1v) is 5.46. The van der Waals surface area contributed by atoms with E-state index in [9.17, 15) is 9.90 Å². The van der Waals surface area contributed by atoms with Crippen LogP contribution in [0.25, 0.3) is 0 Å². The molecule has 2 atom stereocenters. The van der Waals surface area contributed by atoms with Gasteiger partial charge in [0, 0.05) is 19.1 Å². The molecule has 1 heterocycles. The van der Waals surface area contributed by atoms with Crippen LogP contribution in [-0.2, 0) is 4.79 Å². The molecule has 0 aromatic heterocycles. The Hall–Kier alpha value is -1.10. The van der Waals surface area contributed by atoms with E-state index < -0.39 is 6.10 Å². The highest BCUT2D eigenvalue weighted by Gasteiger charge is 2.28. The number of rotatable bonds is 2. The molecule has 0 radical (unpaired) electrons. The summed E-state index contributed by atoms with van der Waals surface area (Å²) >= 11 is 0. The van der Waals surface area contributed by atoms with Crippen LogP contribution < -0.4 is 5.73 Å². The maximum atomic E-state index is 11.9. The van der Waals surface area contributed by atoms with E-state index in [1.165, 1.54) is 0 Å². The van der Waals surface area contributed by atoms with Crippen molar-refractivity contribution in [3.05, 3.63) is 35.9 Å². The van der Waals surface area contributed by atoms with Gasteiger partial charge in [-0.15, -0.1) is 12.4 Å². The largest absolute Gasteiger partial charge is 0.378 e. The number of likely N-dealkylation sites (tertiary alicyclic amines) is 1. The van der Waals surface area contributed by atoms with E-state index in [-0.39, 0.29) is 24.4 Å². The molecule has 2 rings (SSSR count). The first-order chi connectivity index (χ1) is 7.68. The standard InChI is InChI=1S/C12H16N2O2.ClH/c13-10-6-7-14(8-10)12(16)11(15)9-4-2-1-3-5-9;/h1-5,10-11,15H,6-8,13H2;1H. The maximum Gasteiger partial charge on any atom is 0.256 e. The SMILES string of the molecule is Cl.NC1CCN(C(=O)C(O)c2ccccc2)C1. The number of benzene rings is 1. The first-order valence-electron chi connectivity index (χ1n) is 5.46. The highest BCUT2D eigenvalue weighted by Crippen LogP contribution is 2.18. The fourth-order valence-corrected chi connectivity index (χ4v) is 1.94. The smallest absolute Gasteiger partial charge is 0.256 e. The monoisotopic (exact) mass is 256 g/mol. The lowest BCUT2D eigenvalue weighted by molar-refractivity contribution is -0.139. The second-order valence-electron chi connectivity index (χ2n) is 4.15. The van der Waals surface area contributed by atoms with Gasteiger partial charge in [0.25, 0.3) is 5.91 Å². The van der Waals surface area contributed by atoms with E-state index in [1.54, 1.807) is 17.0 Å². The Bertz CT molecular complexity index is 372. The third-order valence-corrected chi connectivity index (χ3v) is 2.89. The molecule has 17 heavy (non-hydrogen) atoms. The fourth-order valence-electron chi connectivity index (χ4n) is 1.94. The molecule has 0 aliphatic carbocycles. The molecule has 1 aliphatic heterocycles. The van der Waals surface area contributed by atoms with E-state index in [1.807, 2.05) is 18.2 Å². The van der Waals surface area contributed by atoms with Crippen molar-refractivity contribution in [2.45, 2.75) is 18.6 Å². The number of amides is 1. The second kappa shape index (κ2) is 6.00. The van der Waals surface area contributed by atoms with Gasteiger partial charge in [0.05, 0.1) is 0 Å². The van der Waals surface area contributed by atoms with E-state index in [0.29, 0.717) is 18.7 Å². The molecule has 0 spiro atoms. The minimum absolute atomic E-state index is 0. The predicted molar refractivity (Wildman–Crippen MR) is 67.8 cm³/mol. The number of hydrogen-bond donors (Lipinski definition) is 2. The molecule has 1 saturated heterocycles. The van der Waals surface area contributed by atoms with Crippen molar-refractivity contribution in [1.82, 2.24) is 4.90 Å². The average molecular weight is 257 g/mol. The molecule has 1 aliphatic rings. The number of carbonyl (C=O) groups is 1. The molecular weight excluding hydrogens is 240 g/mol. The molecule has 1 aromatic rings. The lowest BCUT2D eigenvalue weighted by Crippen LogP contribution is -2.35. The van der Waals surface area contributed by atoms with E-state index >= 15 is 0 Å². The summed E-state index contributed by atoms with van der Waals surface area (Å²) in [7, 11) is 0. The Morgan fingerprint density at radius 3 is 2.59 bits per heavy atom. The number of nitrogens with zero attached hydrogens (tertiary/aromatic N) is 1. The van der Waals surface area contributed by atoms with Gasteiger partial charge < -0.3 is 15.7 Å². The van der Waals surface area contributed by atoms with E-state index in [0.717, 1.165) is 6.42 Å². The van der Waals surface area contributed by atoms with Gasteiger partial charge in [-0.1, -0.05) is 30.3 Å². The fraction of sp³-hybridized carbons (Fsp3) is 0.417. The quantitative estimate of drug-likeness (QED) is 0.819. The van der Waals surface area contributed by atoms with Gasteiger partial charge in [0.15, 0.2) is 6.10 Å². The van der Waals surface area contributed by atoms with E-state index in [4.69, 9.17) is 5.73 Å². The highest BCUT2D eigenvalue weighted by molar-refractivity contribution is 5.85. The van der Waals surface area contributed by atoms with Gasteiger partial charge in [0.1, 0.15) is 0 Å². The van der Waals surface area contributed by atoms with E-state index in [2.05, 4.69) is 0 Å². The molecule has 1 amide bonds. The third-order valence-electron chi connectivity index (χ3n) is 2.89. The van der Waals surface area contributed by atoms with Crippen LogP contribution in [0.1, 0.15) is 18.1 Å². The Balaban J connectivity index is 0.00000144. The average Bonchev–Trinajstić information content (AvgIpc) is 2.75. The van der Waals surface area contributed by atoms with Crippen molar-refractivity contribution in [3.8, 4) is 0 Å². The van der Waals surface area contributed by atoms with Crippen molar-refractivity contribution in [1.29, 1.82) is 0 Å². The summed E-state index contributed by atoms with van der Waals surface area (Å²) in [5.74, 6) is -0.251. The van der Waals surface area contributed by atoms with Gasteiger partial charge in [-0.05, 0) is 12.0 Å². The third kappa shape index (κ3) is 3.19. The van der Waals surface area contributed by atoms with Crippen molar-refractivity contribution in [2.75, 3.05) is 13.1 Å². The van der Waals surface area contributed by atoms with Crippen LogP contribution in [0.3, 0.4) is 0 Å². The molecule has 5 heteroatoms. The summed E-state index contributed by atoms with van der Waals surface area (Å²) in [5, 5.41) is 9.90. The van der Waals surface area contributed by atoms with Gasteiger partial charge in [-0.3, -0.25) is 4.79 Å². The Morgan fingerprint density at radius 1 is 1.41 bits per heavy atom. The van der Waals surface area contributed by atoms with Crippen molar-refractivity contribution >= 4 is 18.3 Å². The van der Waals surface area contributed by atoms with Crippen LogP contribution in [-0.4, -0.2) is 35.0 Å². The second-order valence-corrected chi connectivity index (χ2v) is 4.15. The van der Waals surface area contributed by atoms with Crippen LogP contribution in [0.5, 0.6) is 0 Å². The number of aliphatic hydroxyl groups is 1. The number of carbonyl (C=O) groups excluding carboxylic acids is 1. The van der Waals surface area contributed by atoms with Crippen molar-refractivity contribution in [3.63, 3.8) is 0 Å². The highest BCUT2D eigenvalue weighted by atomic mass is 35.5. The zero-order valence-corrected chi connectivity index (χ0v) is 10.3. The number of hydrogen-bond acceptors (Lipinski definition) is 3. The van der Waals surface area contributed by atoms with Gasteiger partial charge in [-0.2, -0.15) is 0 Å². The van der Waals surface area contributed by atoms with Crippen molar-refractivity contribution < 1.29 is 9.90 Å². The Kier molecular flexibility index (Phi) is 4.93. The molecule has 4 nitrogen and oxygen atoms in total. The summed E-state index contributed by atoms with van der Waals surface area (Å²) in [4.78, 5) is 13.5. The lowest BCUT2D eigenvalue weighted by Gasteiger charge is -2.19. The molecule has 94 valence electrons. The Labute approximate surface area is 107 Å². The minimum Gasteiger partial charge on any atom is -0.378 e. The van der Waals surface area contributed by atoms with Gasteiger partial charge in [0.2, 0.25) is 0 Å². The summed E-state index contributed by atoms with van der Waals surface area (Å²) in [6, 6.07) is 9.01. The molecule has 2 unspecified atom stereocenters. The Morgan fingerprint density at radius 2 is 2.06 bits per heavy atom. The number of aliphatic hydroxyl groups excluding tert-OH is 1. The maximum absolute atomic E-state index is 11.9. The molecule has 0 bridgehead atoms. The predicted octanol–water partition coefficient (Wildman–Crippen LogP) is 0.701. The van der Waals surface area contributed by atoms with Gasteiger partial charge >= 0.3 is 0 Å². The lowest BCUT2D eigenvalue weighted by atomic mass is 10.1. The van der Waals surface area contributed by atoms with Crippen LogP contribution in [0.15, 0.2) is 30.3 Å². The normalized spacial score (nSPS) is 20.8. The van der Waals surface area contributed by atoms with Crippen LogP contribution in [0.4, 0.5) is 0 Å². The topological polar surface area (TPSA) is 66.6 Å². The molecular formula is C12H17ClN2O2.